The fourth-order valence-corrected chi connectivity index (χ4v) is 2.02. The van der Waals surface area contributed by atoms with Crippen molar-refractivity contribution >= 4 is 6.29 Å². The zero-order valence-electron chi connectivity index (χ0n) is 9.07. The summed E-state index contributed by atoms with van der Waals surface area (Å²) in [6.45, 7) is 5.39. The van der Waals surface area contributed by atoms with Gasteiger partial charge in [0.2, 0.25) is 0 Å². The topological polar surface area (TPSA) is 33.2 Å². The van der Waals surface area contributed by atoms with Gasteiger partial charge in [0.15, 0.2) is 6.29 Å². The molecule has 1 aromatic rings. The minimum atomic E-state index is 0.526. The second-order valence-electron chi connectivity index (χ2n) is 4.14. The molecule has 0 spiro atoms. The predicted molar refractivity (Wildman–Crippen MR) is 58.9 cm³/mol. The van der Waals surface area contributed by atoms with E-state index in [0.717, 1.165) is 12.8 Å². The smallest absolute Gasteiger partial charge is 0.168 e. The highest BCUT2D eigenvalue weighted by atomic mass is 16.1. The van der Waals surface area contributed by atoms with Crippen LogP contribution in [-0.4, -0.2) is 29.3 Å². The molecule has 1 saturated heterocycles. The van der Waals surface area contributed by atoms with Crippen molar-refractivity contribution in [2.45, 2.75) is 26.3 Å². The Morgan fingerprint density at radius 2 is 2.20 bits per heavy atom. The summed E-state index contributed by atoms with van der Waals surface area (Å²) < 4.78 is 0. The lowest BCUT2D eigenvalue weighted by Crippen LogP contribution is -2.19. The van der Waals surface area contributed by atoms with Crippen molar-refractivity contribution in [3.63, 3.8) is 0 Å². The van der Waals surface area contributed by atoms with Gasteiger partial charge in [-0.05, 0) is 50.0 Å². The molecule has 1 aromatic heterocycles. The molecular formula is C12H16N2O. The van der Waals surface area contributed by atoms with Crippen LogP contribution in [0.5, 0.6) is 0 Å². The summed E-state index contributed by atoms with van der Waals surface area (Å²) in [6, 6.07) is 1.86. The van der Waals surface area contributed by atoms with Gasteiger partial charge < -0.3 is 0 Å². The van der Waals surface area contributed by atoms with Gasteiger partial charge in [-0.25, -0.2) is 0 Å². The average molecular weight is 204 g/mol. The van der Waals surface area contributed by atoms with Crippen LogP contribution in [-0.2, 0) is 6.54 Å². The van der Waals surface area contributed by atoms with Crippen LogP contribution in [0.1, 0.15) is 34.5 Å². The molecule has 0 radical (unpaired) electrons. The van der Waals surface area contributed by atoms with Crippen LogP contribution in [0, 0.1) is 6.92 Å². The summed E-state index contributed by atoms with van der Waals surface area (Å²) in [4.78, 5) is 17.1. The van der Waals surface area contributed by atoms with Crippen LogP contribution < -0.4 is 0 Å². The molecule has 0 aromatic carbocycles. The van der Waals surface area contributed by atoms with Crippen molar-refractivity contribution < 1.29 is 4.79 Å². The second kappa shape index (κ2) is 4.53. The number of carbonyl (C=O) groups excluding carboxylic acids is 1. The highest BCUT2D eigenvalue weighted by Crippen LogP contribution is 2.15. The van der Waals surface area contributed by atoms with Crippen molar-refractivity contribution in [1.29, 1.82) is 0 Å². The fourth-order valence-electron chi connectivity index (χ4n) is 2.02. The van der Waals surface area contributed by atoms with Crippen molar-refractivity contribution in [2.24, 2.45) is 0 Å². The van der Waals surface area contributed by atoms with Crippen LogP contribution in [0.4, 0.5) is 0 Å². The van der Waals surface area contributed by atoms with Crippen molar-refractivity contribution in [1.82, 2.24) is 9.88 Å². The molecule has 0 unspecified atom stereocenters. The number of aldehydes is 1. The van der Waals surface area contributed by atoms with Gasteiger partial charge in [-0.15, -0.1) is 0 Å². The number of aromatic nitrogens is 1. The van der Waals surface area contributed by atoms with Crippen molar-refractivity contribution in [3.05, 3.63) is 29.1 Å². The lowest BCUT2D eigenvalue weighted by Gasteiger charge is -2.15. The molecule has 0 saturated carbocycles. The number of pyridine rings is 1. The molecule has 2 rings (SSSR count). The first kappa shape index (κ1) is 10.3. The van der Waals surface area contributed by atoms with Gasteiger partial charge in [-0.3, -0.25) is 14.7 Å². The van der Waals surface area contributed by atoms with Gasteiger partial charge in [0.05, 0.1) is 0 Å². The van der Waals surface area contributed by atoms with Gasteiger partial charge >= 0.3 is 0 Å². The zero-order chi connectivity index (χ0) is 10.7. The number of aryl methyl sites for hydroxylation is 1. The molecule has 0 bridgehead atoms. The molecular weight excluding hydrogens is 188 g/mol. The van der Waals surface area contributed by atoms with E-state index in [2.05, 4.69) is 9.88 Å². The first-order valence-corrected chi connectivity index (χ1v) is 5.42. The van der Waals surface area contributed by atoms with E-state index >= 15 is 0 Å². The van der Waals surface area contributed by atoms with Crippen LogP contribution in [0.25, 0.3) is 0 Å². The maximum atomic E-state index is 10.5. The minimum Gasteiger partial charge on any atom is -0.299 e. The Balaban J connectivity index is 2.10. The van der Waals surface area contributed by atoms with Gasteiger partial charge in [0, 0.05) is 12.7 Å². The molecule has 0 N–H and O–H groups in total. The maximum absolute atomic E-state index is 10.5. The standard InChI is InChI=1S/C12H16N2O/c1-10-6-12(9-15)13-7-11(10)8-14-4-2-3-5-14/h6-7,9H,2-5,8H2,1H3. The van der Waals surface area contributed by atoms with Crippen LogP contribution in [0.15, 0.2) is 12.3 Å². The highest BCUT2D eigenvalue weighted by molar-refractivity contribution is 5.72. The summed E-state index contributed by atoms with van der Waals surface area (Å²) >= 11 is 0. The van der Waals surface area contributed by atoms with Crippen LogP contribution in [0.3, 0.4) is 0 Å². The third-order valence-corrected chi connectivity index (χ3v) is 2.95. The number of rotatable bonds is 3. The maximum Gasteiger partial charge on any atom is 0.168 e. The third-order valence-electron chi connectivity index (χ3n) is 2.95. The third kappa shape index (κ3) is 2.42. The molecule has 3 nitrogen and oxygen atoms in total. The molecule has 1 aliphatic heterocycles. The first-order chi connectivity index (χ1) is 7.29. The van der Waals surface area contributed by atoms with Gasteiger partial charge in [-0.2, -0.15) is 0 Å². The van der Waals surface area contributed by atoms with E-state index in [1.54, 1.807) is 0 Å². The monoisotopic (exact) mass is 204 g/mol. The molecule has 0 amide bonds. The van der Waals surface area contributed by atoms with E-state index < -0.39 is 0 Å². The number of carbonyl (C=O) groups is 1. The second-order valence-corrected chi connectivity index (χ2v) is 4.14. The summed E-state index contributed by atoms with van der Waals surface area (Å²) in [5, 5.41) is 0. The minimum absolute atomic E-state index is 0.526. The van der Waals surface area contributed by atoms with E-state index in [9.17, 15) is 4.79 Å². The first-order valence-electron chi connectivity index (χ1n) is 5.42. The molecule has 3 heteroatoms. The number of nitrogens with zero attached hydrogens (tertiary/aromatic N) is 2. The largest absolute Gasteiger partial charge is 0.299 e. The Morgan fingerprint density at radius 3 is 2.80 bits per heavy atom. The molecule has 1 fully saturated rings. The van der Waals surface area contributed by atoms with E-state index in [4.69, 9.17) is 0 Å². The number of likely N-dealkylation sites (tertiary alicyclic amines) is 1. The Morgan fingerprint density at radius 1 is 1.47 bits per heavy atom. The molecule has 2 heterocycles. The Hall–Kier alpha value is -1.22. The fraction of sp³-hybridized carbons (Fsp3) is 0.500. The predicted octanol–water partition coefficient (Wildman–Crippen LogP) is 1.80. The number of hydrogen-bond donors (Lipinski definition) is 0. The average Bonchev–Trinajstić information content (AvgIpc) is 2.74. The summed E-state index contributed by atoms with van der Waals surface area (Å²) in [6.07, 6.45) is 5.24. The zero-order valence-corrected chi connectivity index (χ0v) is 9.07. The normalized spacial score (nSPS) is 16.9. The van der Waals surface area contributed by atoms with Gasteiger partial charge in [0.25, 0.3) is 0 Å². The Kier molecular flexibility index (Phi) is 3.11. The van der Waals surface area contributed by atoms with Crippen LogP contribution >= 0.6 is 0 Å². The Bertz CT molecular complexity index is 357. The lowest BCUT2D eigenvalue weighted by molar-refractivity contribution is 0.111. The summed E-state index contributed by atoms with van der Waals surface area (Å²) in [5.41, 5.74) is 2.93. The quantitative estimate of drug-likeness (QED) is 0.704. The lowest BCUT2D eigenvalue weighted by atomic mass is 10.1. The van der Waals surface area contributed by atoms with E-state index in [1.807, 2.05) is 19.2 Å². The molecule has 15 heavy (non-hydrogen) atoms. The molecule has 1 aliphatic rings. The van der Waals surface area contributed by atoms with Crippen LogP contribution in [0.2, 0.25) is 0 Å². The highest BCUT2D eigenvalue weighted by Gasteiger charge is 2.13. The molecule has 0 atom stereocenters. The molecule has 0 aliphatic carbocycles. The van der Waals surface area contributed by atoms with Gasteiger partial charge in [0.1, 0.15) is 5.69 Å². The molecule has 80 valence electrons. The summed E-state index contributed by atoms with van der Waals surface area (Å²) in [5.74, 6) is 0. The van der Waals surface area contributed by atoms with E-state index in [0.29, 0.717) is 5.69 Å². The summed E-state index contributed by atoms with van der Waals surface area (Å²) in [7, 11) is 0. The van der Waals surface area contributed by atoms with E-state index in [1.165, 1.54) is 37.1 Å². The number of hydrogen-bond acceptors (Lipinski definition) is 3. The van der Waals surface area contributed by atoms with Gasteiger partial charge in [-0.1, -0.05) is 0 Å². The Labute approximate surface area is 90.1 Å². The SMILES string of the molecule is Cc1cc(C=O)ncc1CN1CCCC1. The van der Waals surface area contributed by atoms with Crippen molar-refractivity contribution in [3.8, 4) is 0 Å². The van der Waals surface area contributed by atoms with Crippen molar-refractivity contribution in [2.75, 3.05) is 13.1 Å². The van der Waals surface area contributed by atoms with E-state index in [-0.39, 0.29) is 0 Å².